The normalized spacial score (nSPS) is 20.2. The van der Waals surface area contributed by atoms with Gasteiger partial charge >= 0.3 is 6.03 Å². The van der Waals surface area contributed by atoms with Crippen LogP contribution in [0.2, 0.25) is 0 Å². The van der Waals surface area contributed by atoms with Crippen LogP contribution in [0.5, 0.6) is 11.5 Å². The first-order valence-electron chi connectivity index (χ1n) is 11.3. The van der Waals surface area contributed by atoms with E-state index in [9.17, 15) is 4.79 Å². The van der Waals surface area contributed by atoms with Gasteiger partial charge in [-0.1, -0.05) is 6.92 Å². The van der Waals surface area contributed by atoms with E-state index in [0.29, 0.717) is 56.1 Å². The van der Waals surface area contributed by atoms with Gasteiger partial charge in [0, 0.05) is 32.2 Å². The second kappa shape index (κ2) is 8.90. The SMILES string of the molecule is COc1cc(CN2C(=O)N3CC(C)CN=C3c3ncc(N4CCOCC4)cc32)cc(OC)c1. The zero-order valence-corrected chi connectivity index (χ0v) is 19.3. The van der Waals surface area contributed by atoms with Crippen molar-refractivity contribution in [3.05, 3.63) is 41.7 Å². The van der Waals surface area contributed by atoms with Crippen LogP contribution in [0, 0.1) is 5.92 Å². The highest BCUT2D eigenvalue weighted by Gasteiger charge is 2.39. The number of rotatable bonds is 5. The summed E-state index contributed by atoms with van der Waals surface area (Å²) in [6, 6.07) is 7.65. The smallest absolute Gasteiger partial charge is 0.330 e. The number of hydrogen-bond acceptors (Lipinski definition) is 7. The van der Waals surface area contributed by atoms with Gasteiger partial charge in [-0.05, 0) is 29.7 Å². The monoisotopic (exact) mass is 451 g/mol. The molecule has 0 aliphatic carbocycles. The van der Waals surface area contributed by atoms with E-state index in [-0.39, 0.29) is 6.03 Å². The summed E-state index contributed by atoms with van der Waals surface area (Å²) in [6.07, 6.45) is 1.88. The van der Waals surface area contributed by atoms with Gasteiger partial charge in [-0.15, -0.1) is 0 Å². The number of aliphatic imine (C=N–C) groups is 1. The Kier molecular flexibility index (Phi) is 5.80. The molecule has 0 saturated carbocycles. The molecule has 5 rings (SSSR count). The molecule has 0 bridgehead atoms. The quantitative estimate of drug-likeness (QED) is 0.696. The molecule has 1 aromatic carbocycles. The van der Waals surface area contributed by atoms with Gasteiger partial charge in [-0.2, -0.15) is 0 Å². The predicted octanol–water partition coefficient (Wildman–Crippen LogP) is 2.77. The van der Waals surface area contributed by atoms with Crippen molar-refractivity contribution >= 4 is 23.2 Å². The van der Waals surface area contributed by atoms with Crippen LogP contribution in [0.1, 0.15) is 18.2 Å². The number of morpholine rings is 1. The molecule has 2 amide bonds. The molecule has 3 aliphatic rings. The van der Waals surface area contributed by atoms with Crippen molar-refractivity contribution in [2.24, 2.45) is 10.9 Å². The molecular weight excluding hydrogens is 422 g/mol. The number of ether oxygens (including phenoxy) is 3. The lowest BCUT2D eigenvalue weighted by Crippen LogP contribution is -2.54. The number of carbonyl (C=O) groups excluding carboxylic acids is 1. The third-order valence-electron chi connectivity index (χ3n) is 6.25. The Morgan fingerprint density at radius 3 is 2.52 bits per heavy atom. The Morgan fingerprint density at radius 1 is 1.09 bits per heavy atom. The zero-order valence-electron chi connectivity index (χ0n) is 19.3. The molecular formula is C24H29N5O4. The van der Waals surface area contributed by atoms with Crippen LogP contribution in [0.15, 0.2) is 35.5 Å². The minimum Gasteiger partial charge on any atom is -0.497 e. The van der Waals surface area contributed by atoms with Gasteiger partial charge in [0.15, 0.2) is 5.84 Å². The summed E-state index contributed by atoms with van der Waals surface area (Å²) in [5.41, 5.74) is 3.41. The van der Waals surface area contributed by atoms with Crippen molar-refractivity contribution in [2.75, 3.05) is 63.4 Å². The van der Waals surface area contributed by atoms with Crippen LogP contribution in [0.4, 0.5) is 16.2 Å². The third-order valence-corrected chi connectivity index (χ3v) is 6.25. The van der Waals surface area contributed by atoms with Crippen molar-refractivity contribution in [1.82, 2.24) is 9.88 Å². The number of benzene rings is 1. The number of pyridine rings is 1. The van der Waals surface area contributed by atoms with E-state index < -0.39 is 0 Å². The summed E-state index contributed by atoms with van der Waals surface area (Å²) in [4.78, 5) is 29.0. The molecule has 1 atom stereocenters. The summed E-state index contributed by atoms with van der Waals surface area (Å²) in [7, 11) is 3.24. The van der Waals surface area contributed by atoms with E-state index in [2.05, 4.69) is 17.9 Å². The van der Waals surface area contributed by atoms with Crippen LogP contribution in [0.3, 0.4) is 0 Å². The second-order valence-electron chi connectivity index (χ2n) is 8.63. The lowest BCUT2D eigenvalue weighted by Gasteiger charge is -2.40. The van der Waals surface area contributed by atoms with E-state index >= 15 is 0 Å². The van der Waals surface area contributed by atoms with Gasteiger partial charge in [-0.3, -0.25) is 14.8 Å². The first-order valence-corrected chi connectivity index (χ1v) is 11.3. The second-order valence-corrected chi connectivity index (χ2v) is 8.63. The van der Waals surface area contributed by atoms with Crippen molar-refractivity contribution in [3.63, 3.8) is 0 Å². The van der Waals surface area contributed by atoms with Gasteiger partial charge < -0.3 is 19.1 Å². The highest BCUT2D eigenvalue weighted by atomic mass is 16.5. The maximum absolute atomic E-state index is 13.7. The van der Waals surface area contributed by atoms with Crippen LogP contribution in [-0.2, 0) is 11.3 Å². The number of methoxy groups -OCH3 is 2. The topological polar surface area (TPSA) is 79.7 Å². The fourth-order valence-corrected chi connectivity index (χ4v) is 4.51. The van der Waals surface area contributed by atoms with E-state index in [4.69, 9.17) is 24.2 Å². The largest absolute Gasteiger partial charge is 0.497 e. The first kappa shape index (κ1) is 21.5. The minimum atomic E-state index is -0.0875. The summed E-state index contributed by atoms with van der Waals surface area (Å²) < 4.78 is 16.4. The standard InChI is InChI=1S/C24H29N5O4/c1-16-12-26-23-22-21(10-18(13-25-22)27-4-6-33-7-5-27)28(24(30)29(23)14-16)15-17-8-19(31-2)11-20(9-17)32-3/h8-11,13,16H,4-7,12,14-15H2,1-3H3. The Balaban J connectivity index is 1.57. The number of anilines is 2. The number of carbonyl (C=O) groups is 1. The molecule has 3 aliphatic heterocycles. The van der Waals surface area contributed by atoms with Gasteiger partial charge in [-0.25, -0.2) is 9.78 Å². The molecule has 9 nitrogen and oxygen atoms in total. The number of amidine groups is 1. The van der Waals surface area contributed by atoms with Crippen LogP contribution in [0.25, 0.3) is 0 Å². The van der Waals surface area contributed by atoms with E-state index in [1.165, 1.54) is 0 Å². The van der Waals surface area contributed by atoms with E-state index in [0.717, 1.165) is 35.7 Å². The summed E-state index contributed by atoms with van der Waals surface area (Å²) in [5, 5.41) is 0. The number of fused-ring (bicyclic) bond motifs is 3. The summed E-state index contributed by atoms with van der Waals surface area (Å²) in [5.74, 6) is 2.33. The third kappa shape index (κ3) is 4.08. The van der Waals surface area contributed by atoms with Crippen molar-refractivity contribution < 1.29 is 19.0 Å². The Hall–Kier alpha value is -3.33. The number of aromatic nitrogens is 1. The van der Waals surface area contributed by atoms with Gasteiger partial charge in [0.2, 0.25) is 0 Å². The lowest BCUT2D eigenvalue weighted by atomic mass is 10.1. The maximum Gasteiger partial charge on any atom is 0.330 e. The Morgan fingerprint density at radius 2 is 1.82 bits per heavy atom. The van der Waals surface area contributed by atoms with Crippen molar-refractivity contribution in [1.29, 1.82) is 0 Å². The molecule has 1 aromatic heterocycles. The number of amides is 2. The molecule has 0 N–H and O–H groups in total. The van der Waals surface area contributed by atoms with E-state index in [1.807, 2.05) is 24.4 Å². The van der Waals surface area contributed by atoms with Gasteiger partial charge in [0.1, 0.15) is 17.2 Å². The van der Waals surface area contributed by atoms with Crippen LogP contribution < -0.4 is 19.3 Å². The molecule has 1 unspecified atom stereocenters. The summed E-state index contributed by atoms with van der Waals surface area (Å²) in [6.45, 7) is 6.75. The molecule has 0 radical (unpaired) electrons. The van der Waals surface area contributed by atoms with Gasteiger partial charge in [0.25, 0.3) is 0 Å². The Labute approximate surface area is 193 Å². The van der Waals surface area contributed by atoms with Crippen LogP contribution >= 0.6 is 0 Å². The zero-order chi connectivity index (χ0) is 22.9. The van der Waals surface area contributed by atoms with Crippen LogP contribution in [-0.4, -0.2) is 75.4 Å². The Bertz CT molecular complexity index is 1060. The molecule has 4 heterocycles. The van der Waals surface area contributed by atoms with Crippen molar-refractivity contribution in [2.45, 2.75) is 13.5 Å². The average Bonchev–Trinajstić information content (AvgIpc) is 2.86. The average molecular weight is 452 g/mol. The molecule has 2 aromatic rings. The molecule has 9 heteroatoms. The minimum absolute atomic E-state index is 0.0875. The fourth-order valence-electron chi connectivity index (χ4n) is 4.51. The molecule has 33 heavy (non-hydrogen) atoms. The highest BCUT2D eigenvalue weighted by molar-refractivity contribution is 6.18. The fraction of sp³-hybridized carbons (Fsp3) is 0.458. The van der Waals surface area contributed by atoms with E-state index in [1.54, 1.807) is 24.0 Å². The summed E-state index contributed by atoms with van der Waals surface area (Å²) >= 11 is 0. The van der Waals surface area contributed by atoms with Crippen molar-refractivity contribution in [3.8, 4) is 11.5 Å². The van der Waals surface area contributed by atoms with Gasteiger partial charge in [0.05, 0.1) is 51.5 Å². The lowest BCUT2D eigenvalue weighted by molar-refractivity contribution is 0.122. The molecule has 1 fully saturated rings. The number of urea groups is 1. The maximum atomic E-state index is 13.7. The molecule has 1 saturated heterocycles. The highest BCUT2D eigenvalue weighted by Crippen LogP contribution is 2.35. The first-order chi connectivity index (χ1) is 16.1. The molecule has 174 valence electrons. The number of hydrogen-bond donors (Lipinski definition) is 0. The molecule has 0 spiro atoms. The predicted molar refractivity (Wildman–Crippen MR) is 126 cm³/mol. The number of nitrogens with zero attached hydrogens (tertiary/aromatic N) is 5.